The molecule has 2 aromatic rings. The molecule has 0 saturated heterocycles. The van der Waals surface area contributed by atoms with Gasteiger partial charge in [0.2, 0.25) is 5.91 Å². The van der Waals surface area contributed by atoms with Gasteiger partial charge < -0.3 is 14.6 Å². The molecular formula is C18H24N2O3. The average Bonchev–Trinajstić information content (AvgIpc) is 2.83. The number of carbonyl (C=O) groups excluding carboxylic acids is 1. The monoisotopic (exact) mass is 316 g/mol. The van der Waals surface area contributed by atoms with Crippen molar-refractivity contribution in [1.82, 2.24) is 10.5 Å². The number of ether oxygens (including phenoxy) is 1. The lowest BCUT2D eigenvalue weighted by molar-refractivity contribution is -0.121. The molecular weight excluding hydrogens is 292 g/mol. The van der Waals surface area contributed by atoms with Gasteiger partial charge in [0.1, 0.15) is 11.5 Å². The van der Waals surface area contributed by atoms with E-state index in [1.54, 1.807) is 0 Å². The molecule has 124 valence electrons. The lowest BCUT2D eigenvalue weighted by Crippen LogP contribution is -2.23. The van der Waals surface area contributed by atoms with E-state index in [1.807, 2.05) is 52.0 Å². The Morgan fingerprint density at radius 2 is 1.96 bits per heavy atom. The van der Waals surface area contributed by atoms with E-state index >= 15 is 0 Å². The Kier molecular flexibility index (Phi) is 5.79. The number of nitrogens with zero attached hydrogens (tertiary/aromatic N) is 1. The van der Waals surface area contributed by atoms with Crippen LogP contribution in [0, 0.1) is 13.8 Å². The molecule has 2 rings (SSSR count). The third kappa shape index (κ3) is 5.13. The SMILES string of the molecule is Cc1noc(C)c1CCC(=O)NCc1ccc(OC(C)C)cc1. The predicted molar refractivity (Wildman–Crippen MR) is 88.4 cm³/mol. The molecule has 23 heavy (non-hydrogen) atoms. The van der Waals surface area contributed by atoms with E-state index in [2.05, 4.69) is 10.5 Å². The van der Waals surface area contributed by atoms with Gasteiger partial charge in [0.25, 0.3) is 0 Å². The van der Waals surface area contributed by atoms with E-state index in [0.717, 1.165) is 28.3 Å². The van der Waals surface area contributed by atoms with Crippen LogP contribution in [0.4, 0.5) is 0 Å². The van der Waals surface area contributed by atoms with Gasteiger partial charge in [0.15, 0.2) is 0 Å². The van der Waals surface area contributed by atoms with Crippen LogP contribution in [0.2, 0.25) is 0 Å². The highest BCUT2D eigenvalue weighted by atomic mass is 16.5. The highest BCUT2D eigenvalue weighted by Crippen LogP contribution is 2.15. The Morgan fingerprint density at radius 3 is 2.52 bits per heavy atom. The van der Waals surface area contributed by atoms with Gasteiger partial charge in [-0.25, -0.2) is 0 Å². The largest absolute Gasteiger partial charge is 0.491 e. The number of aryl methyl sites for hydroxylation is 2. The number of amides is 1. The van der Waals surface area contributed by atoms with Crippen LogP contribution >= 0.6 is 0 Å². The lowest BCUT2D eigenvalue weighted by atomic mass is 10.1. The van der Waals surface area contributed by atoms with Crippen molar-refractivity contribution >= 4 is 5.91 Å². The number of hydrogen-bond donors (Lipinski definition) is 1. The molecule has 5 nitrogen and oxygen atoms in total. The molecule has 1 N–H and O–H groups in total. The predicted octanol–water partition coefficient (Wildman–Crippen LogP) is 3.33. The van der Waals surface area contributed by atoms with Gasteiger partial charge in [0, 0.05) is 18.5 Å². The standard InChI is InChI=1S/C18H24N2O3/c1-12(2)22-16-7-5-15(6-8-16)11-19-18(21)10-9-17-13(3)20-23-14(17)4/h5-8,12H,9-11H2,1-4H3,(H,19,21). The first-order valence-corrected chi connectivity index (χ1v) is 7.89. The second-order valence-electron chi connectivity index (χ2n) is 5.89. The number of carbonyl (C=O) groups is 1. The normalized spacial score (nSPS) is 10.8. The highest BCUT2D eigenvalue weighted by molar-refractivity contribution is 5.76. The number of benzene rings is 1. The summed E-state index contributed by atoms with van der Waals surface area (Å²) in [7, 11) is 0. The van der Waals surface area contributed by atoms with Gasteiger partial charge in [-0.05, 0) is 51.8 Å². The van der Waals surface area contributed by atoms with Gasteiger partial charge in [-0.15, -0.1) is 0 Å². The molecule has 0 aliphatic rings. The molecule has 0 unspecified atom stereocenters. The third-order valence-corrected chi connectivity index (χ3v) is 3.57. The summed E-state index contributed by atoms with van der Waals surface area (Å²) in [6.45, 7) is 8.27. The van der Waals surface area contributed by atoms with Crippen molar-refractivity contribution in [2.75, 3.05) is 0 Å². The van der Waals surface area contributed by atoms with Crippen LogP contribution in [0.5, 0.6) is 5.75 Å². The average molecular weight is 316 g/mol. The topological polar surface area (TPSA) is 64.4 Å². The van der Waals surface area contributed by atoms with Crippen molar-refractivity contribution in [1.29, 1.82) is 0 Å². The molecule has 5 heteroatoms. The molecule has 0 spiro atoms. The first-order valence-electron chi connectivity index (χ1n) is 7.89. The molecule has 0 bridgehead atoms. The van der Waals surface area contributed by atoms with E-state index in [-0.39, 0.29) is 12.0 Å². The quantitative estimate of drug-likeness (QED) is 0.851. The fourth-order valence-electron chi connectivity index (χ4n) is 2.34. The van der Waals surface area contributed by atoms with E-state index in [1.165, 1.54) is 0 Å². The smallest absolute Gasteiger partial charge is 0.220 e. The van der Waals surface area contributed by atoms with Gasteiger partial charge in [-0.1, -0.05) is 17.3 Å². The zero-order valence-electron chi connectivity index (χ0n) is 14.2. The summed E-state index contributed by atoms with van der Waals surface area (Å²) >= 11 is 0. The van der Waals surface area contributed by atoms with Crippen LogP contribution in [0.3, 0.4) is 0 Å². The highest BCUT2D eigenvalue weighted by Gasteiger charge is 2.11. The number of nitrogens with one attached hydrogen (secondary N) is 1. The van der Waals surface area contributed by atoms with Crippen molar-refractivity contribution in [3.63, 3.8) is 0 Å². The fraction of sp³-hybridized carbons (Fsp3) is 0.444. The van der Waals surface area contributed by atoms with E-state index in [0.29, 0.717) is 19.4 Å². The van der Waals surface area contributed by atoms with Crippen LogP contribution in [0.15, 0.2) is 28.8 Å². The molecule has 1 amide bonds. The molecule has 0 radical (unpaired) electrons. The molecule has 0 aliphatic carbocycles. The van der Waals surface area contributed by atoms with Gasteiger partial charge in [0.05, 0.1) is 11.8 Å². The van der Waals surface area contributed by atoms with Crippen LogP contribution in [0.1, 0.15) is 42.8 Å². The Morgan fingerprint density at radius 1 is 1.26 bits per heavy atom. The molecule has 0 fully saturated rings. The van der Waals surface area contributed by atoms with E-state index < -0.39 is 0 Å². The molecule has 1 aromatic heterocycles. The second-order valence-corrected chi connectivity index (χ2v) is 5.89. The molecule has 0 aliphatic heterocycles. The Hall–Kier alpha value is -2.30. The van der Waals surface area contributed by atoms with Gasteiger partial charge in [-0.2, -0.15) is 0 Å². The number of hydrogen-bond acceptors (Lipinski definition) is 4. The second kappa shape index (κ2) is 7.81. The summed E-state index contributed by atoms with van der Waals surface area (Å²) in [5.41, 5.74) is 2.93. The summed E-state index contributed by atoms with van der Waals surface area (Å²) in [5.74, 6) is 1.65. The minimum Gasteiger partial charge on any atom is -0.491 e. The lowest BCUT2D eigenvalue weighted by Gasteiger charge is -2.10. The molecule has 1 heterocycles. The Balaban J connectivity index is 1.78. The maximum absolute atomic E-state index is 12.0. The summed E-state index contributed by atoms with van der Waals surface area (Å²) in [5, 5.41) is 6.83. The summed E-state index contributed by atoms with van der Waals surface area (Å²) in [4.78, 5) is 12.0. The number of rotatable bonds is 7. The summed E-state index contributed by atoms with van der Waals surface area (Å²) in [6.07, 6.45) is 1.23. The minimum atomic E-state index is 0.0208. The van der Waals surface area contributed by atoms with Crippen molar-refractivity contribution in [2.24, 2.45) is 0 Å². The zero-order valence-corrected chi connectivity index (χ0v) is 14.2. The first-order chi connectivity index (χ1) is 11.0. The van der Waals surface area contributed by atoms with Crippen LogP contribution in [-0.2, 0) is 17.8 Å². The summed E-state index contributed by atoms with van der Waals surface area (Å²) < 4.78 is 10.7. The van der Waals surface area contributed by atoms with Crippen LogP contribution < -0.4 is 10.1 Å². The Bertz CT molecular complexity index is 625. The minimum absolute atomic E-state index is 0.0208. The van der Waals surface area contributed by atoms with E-state index in [4.69, 9.17) is 9.26 Å². The zero-order chi connectivity index (χ0) is 16.8. The molecule has 1 aromatic carbocycles. The van der Waals surface area contributed by atoms with Crippen molar-refractivity contribution in [3.8, 4) is 5.75 Å². The van der Waals surface area contributed by atoms with Crippen molar-refractivity contribution < 1.29 is 14.1 Å². The van der Waals surface area contributed by atoms with Crippen LogP contribution in [0.25, 0.3) is 0 Å². The number of aromatic nitrogens is 1. The maximum atomic E-state index is 12.0. The molecule has 0 atom stereocenters. The molecule has 0 saturated carbocycles. The Labute approximate surface area is 137 Å². The van der Waals surface area contributed by atoms with Crippen molar-refractivity contribution in [2.45, 2.75) is 53.2 Å². The maximum Gasteiger partial charge on any atom is 0.220 e. The first kappa shape index (κ1) is 17.1. The third-order valence-electron chi connectivity index (χ3n) is 3.57. The fourth-order valence-corrected chi connectivity index (χ4v) is 2.34. The van der Waals surface area contributed by atoms with Crippen LogP contribution in [-0.4, -0.2) is 17.2 Å². The van der Waals surface area contributed by atoms with E-state index in [9.17, 15) is 4.79 Å². The van der Waals surface area contributed by atoms with Crippen molar-refractivity contribution in [3.05, 3.63) is 46.8 Å². The summed E-state index contributed by atoms with van der Waals surface area (Å²) in [6, 6.07) is 7.77. The van der Waals surface area contributed by atoms with Gasteiger partial charge in [-0.3, -0.25) is 4.79 Å². The van der Waals surface area contributed by atoms with Gasteiger partial charge >= 0.3 is 0 Å².